The van der Waals surface area contributed by atoms with Gasteiger partial charge in [0.25, 0.3) is 0 Å². The van der Waals surface area contributed by atoms with Crippen LogP contribution >= 0.6 is 0 Å². The predicted molar refractivity (Wildman–Crippen MR) is 100.0 cm³/mol. The standard InChI is InChI=1S/C20H21FN4/c1-14(2)23-19-12-18(15-8-4-3-5-9-15)24-20(25-19)22-13-16-10-6-7-11-17(16)21/h3-12,14H,13H2,1-2H3,(H2,22,23,24,25). The summed E-state index contributed by atoms with van der Waals surface area (Å²) in [6.07, 6.45) is 0. The Morgan fingerprint density at radius 3 is 2.40 bits per heavy atom. The Morgan fingerprint density at radius 1 is 0.960 bits per heavy atom. The lowest BCUT2D eigenvalue weighted by molar-refractivity contribution is 0.612. The Morgan fingerprint density at radius 2 is 1.68 bits per heavy atom. The van der Waals surface area contributed by atoms with E-state index in [1.54, 1.807) is 12.1 Å². The number of aromatic nitrogens is 2. The molecule has 0 radical (unpaired) electrons. The Bertz CT molecular complexity index is 834. The van der Waals surface area contributed by atoms with Crippen molar-refractivity contribution in [3.8, 4) is 11.3 Å². The first-order chi connectivity index (χ1) is 12.1. The topological polar surface area (TPSA) is 49.8 Å². The predicted octanol–water partition coefficient (Wildman–Crippen LogP) is 4.72. The van der Waals surface area contributed by atoms with Crippen molar-refractivity contribution in [1.29, 1.82) is 0 Å². The largest absolute Gasteiger partial charge is 0.368 e. The summed E-state index contributed by atoms with van der Waals surface area (Å²) in [5.41, 5.74) is 2.40. The van der Waals surface area contributed by atoms with Gasteiger partial charge in [-0.25, -0.2) is 9.37 Å². The fourth-order valence-electron chi connectivity index (χ4n) is 2.47. The highest BCUT2D eigenvalue weighted by Gasteiger charge is 2.08. The van der Waals surface area contributed by atoms with E-state index in [9.17, 15) is 4.39 Å². The van der Waals surface area contributed by atoms with Gasteiger partial charge in [-0.05, 0) is 19.9 Å². The summed E-state index contributed by atoms with van der Waals surface area (Å²) >= 11 is 0. The minimum atomic E-state index is -0.241. The maximum atomic E-state index is 13.8. The van der Waals surface area contributed by atoms with Crippen molar-refractivity contribution in [2.24, 2.45) is 0 Å². The van der Waals surface area contributed by atoms with Crippen LogP contribution in [0.4, 0.5) is 16.2 Å². The Hall–Kier alpha value is -2.95. The number of hydrogen-bond acceptors (Lipinski definition) is 4. The van der Waals surface area contributed by atoms with E-state index in [0.29, 0.717) is 18.1 Å². The lowest BCUT2D eigenvalue weighted by Gasteiger charge is -2.13. The zero-order valence-corrected chi connectivity index (χ0v) is 14.3. The molecule has 1 heterocycles. The van der Waals surface area contributed by atoms with E-state index in [1.807, 2.05) is 42.5 Å². The molecule has 0 aliphatic rings. The van der Waals surface area contributed by atoms with Gasteiger partial charge in [0.15, 0.2) is 0 Å². The van der Waals surface area contributed by atoms with E-state index < -0.39 is 0 Å². The van der Waals surface area contributed by atoms with Gasteiger partial charge in [-0.2, -0.15) is 4.98 Å². The van der Waals surface area contributed by atoms with Crippen molar-refractivity contribution in [1.82, 2.24) is 9.97 Å². The van der Waals surface area contributed by atoms with Crippen molar-refractivity contribution in [3.63, 3.8) is 0 Å². The van der Waals surface area contributed by atoms with Crippen molar-refractivity contribution in [3.05, 3.63) is 72.0 Å². The molecule has 0 spiro atoms. The third kappa shape index (κ3) is 4.53. The van der Waals surface area contributed by atoms with Gasteiger partial charge >= 0.3 is 0 Å². The molecule has 0 fully saturated rings. The highest BCUT2D eigenvalue weighted by Crippen LogP contribution is 2.22. The normalized spacial score (nSPS) is 10.7. The molecule has 0 unspecified atom stereocenters. The molecule has 128 valence electrons. The smallest absolute Gasteiger partial charge is 0.225 e. The number of rotatable bonds is 6. The second-order valence-electron chi connectivity index (χ2n) is 6.07. The van der Waals surface area contributed by atoms with Crippen molar-refractivity contribution in [2.45, 2.75) is 26.4 Å². The van der Waals surface area contributed by atoms with E-state index in [0.717, 1.165) is 17.1 Å². The summed E-state index contributed by atoms with van der Waals surface area (Å²) < 4.78 is 13.8. The molecule has 3 aromatic rings. The molecule has 4 nitrogen and oxygen atoms in total. The summed E-state index contributed by atoms with van der Waals surface area (Å²) in [5, 5.41) is 6.42. The minimum absolute atomic E-state index is 0.241. The quantitative estimate of drug-likeness (QED) is 0.684. The van der Waals surface area contributed by atoms with Gasteiger partial charge in [0.2, 0.25) is 5.95 Å². The molecule has 0 saturated carbocycles. The van der Waals surface area contributed by atoms with Crippen molar-refractivity contribution < 1.29 is 4.39 Å². The number of nitrogens with zero attached hydrogens (tertiary/aromatic N) is 2. The van der Waals surface area contributed by atoms with Crippen LogP contribution in [0.2, 0.25) is 0 Å². The summed E-state index contributed by atoms with van der Waals surface area (Å²) in [4.78, 5) is 9.06. The van der Waals surface area contributed by atoms with Crippen LogP contribution in [0.5, 0.6) is 0 Å². The van der Waals surface area contributed by atoms with E-state index >= 15 is 0 Å². The summed E-state index contributed by atoms with van der Waals surface area (Å²) in [5.74, 6) is 0.961. The monoisotopic (exact) mass is 336 g/mol. The van der Waals surface area contributed by atoms with E-state index in [4.69, 9.17) is 0 Å². The van der Waals surface area contributed by atoms with Gasteiger partial charge in [0.05, 0.1) is 5.69 Å². The van der Waals surface area contributed by atoms with Crippen LogP contribution in [-0.4, -0.2) is 16.0 Å². The van der Waals surface area contributed by atoms with Crippen LogP contribution in [0.1, 0.15) is 19.4 Å². The average molecular weight is 336 g/mol. The molecular weight excluding hydrogens is 315 g/mol. The van der Waals surface area contributed by atoms with Crippen LogP contribution in [0.15, 0.2) is 60.7 Å². The fraction of sp³-hybridized carbons (Fsp3) is 0.200. The third-order valence-corrected chi connectivity index (χ3v) is 3.63. The van der Waals surface area contributed by atoms with E-state index in [2.05, 4.69) is 34.4 Å². The molecule has 0 saturated heterocycles. The molecule has 0 aliphatic heterocycles. The summed E-state index contributed by atoms with van der Waals surface area (Å²) in [6.45, 7) is 4.43. The Labute approximate surface area is 147 Å². The first-order valence-electron chi connectivity index (χ1n) is 8.30. The second-order valence-corrected chi connectivity index (χ2v) is 6.07. The molecule has 25 heavy (non-hydrogen) atoms. The molecule has 3 rings (SSSR count). The zero-order valence-electron chi connectivity index (χ0n) is 14.3. The number of halogens is 1. The minimum Gasteiger partial charge on any atom is -0.368 e. The molecule has 0 aliphatic carbocycles. The third-order valence-electron chi connectivity index (χ3n) is 3.63. The van der Waals surface area contributed by atoms with E-state index in [1.165, 1.54) is 6.07 Å². The number of nitrogens with one attached hydrogen (secondary N) is 2. The Balaban J connectivity index is 1.88. The van der Waals surface area contributed by atoms with Gasteiger partial charge in [0, 0.05) is 29.8 Å². The van der Waals surface area contributed by atoms with Crippen LogP contribution in [0.25, 0.3) is 11.3 Å². The SMILES string of the molecule is CC(C)Nc1cc(-c2ccccc2)nc(NCc2ccccc2F)n1. The number of anilines is 2. The molecule has 0 amide bonds. The second kappa shape index (κ2) is 7.75. The van der Waals surface area contributed by atoms with Gasteiger partial charge in [0.1, 0.15) is 11.6 Å². The first kappa shape index (κ1) is 16.9. The number of hydrogen-bond donors (Lipinski definition) is 2. The van der Waals surface area contributed by atoms with Crippen LogP contribution in [-0.2, 0) is 6.54 Å². The van der Waals surface area contributed by atoms with Crippen LogP contribution in [0.3, 0.4) is 0 Å². The molecule has 5 heteroatoms. The van der Waals surface area contributed by atoms with Gasteiger partial charge < -0.3 is 10.6 Å². The highest BCUT2D eigenvalue weighted by molar-refractivity contribution is 5.64. The lowest BCUT2D eigenvalue weighted by atomic mass is 10.1. The summed E-state index contributed by atoms with van der Waals surface area (Å²) in [7, 11) is 0. The maximum Gasteiger partial charge on any atom is 0.225 e. The summed E-state index contributed by atoms with van der Waals surface area (Å²) in [6, 6.07) is 18.8. The molecule has 2 N–H and O–H groups in total. The zero-order chi connectivity index (χ0) is 17.6. The molecule has 2 aromatic carbocycles. The van der Waals surface area contributed by atoms with Gasteiger partial charge in [-0.1, -0.05) is 48.5 Å². The Kier molecular flexibility index (Phi) is 5.23. The molecular formula is C20H21FN4. The first-order valence-corrected chi connectivity index (χ1v) is 8.30. The molecule has 0 atom stereocenters. The highest BCUT2D eigenvalue weighted by atomic mass is 19.1. The number of benzene rings is 2. The van der Waals surface area contributed by atoms with Gasteiger partial charge in [-0.3, -0.25) is 0 Å². The average Bonchev–Trinajstić information content (AvgIpc) is 2.61. The van der Waals surface area contributed by atoms with Crippen molar-refractivity contribution >= 4 is 11.8 Å². The van der Waals surface area contributed by atoms with Gasteiger partial charge in [-0.15, -0.1) is 0 Å². The molecule has 1 aromatic heterocycles. The molecule has 0 bridgehead atoms. The van der Waals surface area contributed by atoms with E-state index in [-0.39, 0.29) is 11.9 Å². The maximum absolute atomic E-state index is 13.8. The lowest BCUT2D eigenvalue weighted by Crippen LogP contribution is -2.13. The fourth-order valence-corrected chi connectivity index (χ4v) is 2.47. The van der Waals surface area contributed by atoms with Crippen molar-refractivity contribution in [2.75, 3.05) is 10.6 Å². The van der Waals surface area contributed by atoms with Crippen LogP contribution in [0, 0.1) is 5.82 Å². The van der Waals surface area contributed by atoms with Crippen LogP contribution < -0.4 is 10.6 Å².